The second-order valence-electron chi connectivity index (χ2n) is 3.08. The fourth-order valence-corrected chi connectivity index (χ4v) is 2.11. The van der Waals surface area contributed by atoms with Gasteiger partial charge in [-0.2, -0.15) is 0 Å². The van der Waals surface area contributed by atoms with Crippen molar-refractivity contribution in [1.29, 1.82) is 0 Å². The third-order valence-electron chi connectivity index (χ3n) is 2.00. The molecule has 0 radical (unpaired) electrons. The first kappa shape index (κ1) is 11.2. The van der Waals surface area contributed by atoms with Crippen molar-refractivity contribution in [3.05, 3.63) is 57.5 Å². The number of ketones is 1. The third-order valence-corrected chi connectivity index (χ3v) is 2.89. The lowest BCUT2D eigenvalue weighted by molar-refractivity contribution is 0.103. The van der Waals surface area contributed by atoms with Gasteiger partial charge in [0.25, 0.3) is 0 Å². The Labute approximate surface area is 106 Å². The van der Waals surface area contributed by atoms with Crippen LogP contribution in [0.25, 0.3) is 0 Å². The van der Waals surface area contributed by atoms with E-state index >= 15 is 0 Å². The number of aromatic nitrogens is 2. The Bertz CT molecular complexity index is 531. The zero-order valence-corrected chi connectivity index (χ0v) is 10.4. The second-order valence-corrected chi connectivity index (χ2v) is 4.37. The molecule has 1 aromatic carbocycles. The normalized spacial score (nSPS) is 10.1. The maximum absolute atomic E-state index is 12.0. The predicted molar refractivity (Wildman–Crippen MR) is 64.6 cm³/mol. The average molecular weight is 298 g/mol. The van der Waals surface area contributed by atoms with Gasteiger partial charge in [0, 0.05) is 27.5 Å². The van der Waals surface area contributed by atoms with Crippen LogP contribution in [-0.4, -0.2) is 15.8 Å². The minimum Gasteiger partial charge on any atom is -0.288 e. The fourth-order valence-electron chi connectivity index (χ4n) is 1.25. The molecule has 0 bridgehead atoms. The van der Waals surface area contributed by atoms with E-state index in [2.05, 4.69) is 25.9 Å². The van der Waals surface area contributed by atoms with Crippen LogP contribution in [0.4, 0.5) is 0 Å². The van der Waals surface area contributed by atoms with Gasteiger partial charge in [0.1, 0.15) is 6.33 Å². The second kappa shape index (κ2) is 4.72. The van der Waals surface area contributed by atoms with Crippen molar-refractivity contribution in [3.63, 3.8) is 0 Å². The number of carbonyl (C=O) groups excluding carboxylic acids is 1. The first-order valence-corrected chi connectivity index (χ1v) is 5.60. The molecule has 0 unspecified atom stereocenters. The van der Waals surface area contributed by atoms with E-state index in [-0.39, 0.29) is 5.78 Å². The number of nitrogens with zero attached hydrogens (tertiary/aromatic N) is 2. The molecule has 0 aliphatic rings. The zero-order chi connectivity index (χ0) is 11.5. The lowest BCUT2D eigenvalue weighted by atomic mass is 10.1. The van der Waals surface area contributed by atoms with Crippen molar-refractivity contribution < 1.29 is 4.79 Å². The van der Waals surface area contributed by atoms with Gasteiger partial charge in [0.05, 0.1) is 5.56 Å². The van der Waals surface area contributed by atoms with Crippen LogP contribution in [0.1, 0.15) is 15.9 Å². The molecule has 2 rings (SSSR count). The van der Waals surface area contributed by atoms with Crippen LogP contribution >= 0.6 is 27.5 Å². The topological polar surface area (TPSA) is 42.9 Å². The molecular formula is C11H6BrClN2O. The molecule has 0 aliphatic carbocycles. The highest BCUT2D eigenvalue weighted by Crippen LogP contribution is 2.23. The molecule has 0 saturated carbocycles. The Morgan fingerprint density at radius 2 is 1.94 bits per heavy atom. The lowest BCUT2D eigenvalue weighted by Crippen LogP contribution is -2.03. The minimum absolute atomic E-state index is 0.135. The molecule has 5 heteroatoms. The van der Waals surface area contributed by atoms with Crippen molar-refractivity contribution in [2.24, 2.45) is 0 Å². The fraction of sp³-hybridized carbons (Fsp3) is 0. The highest BCUT2D eigenvalue weighted by molar-refractivity contribution is 9.10. The Balaban J connectivity index is 2.42. The summed E-state index contributed by atoms with van der Waals surface area (Å²) >= 11 is 9.10. The molecular weight excluding hydrogens is 291 g/mol. The van der Waals surface area contributed by atoms with Gasteiger partial charge >= 0.3 is 0 Å². The van der Waals surface area contributed by atoms with Gasteiger partial charge in [0.15, 0.2) is 5.78 Å². The Hall–Kier alpha value is -1.26. The molecule has 16 heavy (non-hydrogen) atoms. The van der Waals surface area contributed by atoms with Crippen LogP contribution in [0.5, 0.6) is 0 Å². The van der Waals surface area contributed by atoms with E-state index in [1.807, 2.05) is 0 Å². The molecule has 0 amide bonds. The van der Waals surface area contributed by atoms with Crippen LogP contribution in [-0.2, 0) is 0 Å². The molecule has 0 N–H and O–H groups in total. The summed E-state index contributed by atoms with van der Waals surface area (Å²) in [6.07, 6.45) is 4.35. The number of benzene rings is 1. The summed E-state index contributed by atoms with van der Waals surface area (Å²) in [4.78, 5) is 19.6. The SMILES string of the molecule is O=C(c1cncnc1)c1ccc(Cl)cc1Br. The highest BCUT2D eigenvalue weighted by atomic mass is 79.9. The molecule has 1 heterocycles. The van der Waals surface area contributed by atoms with Gasteiger partial charge in [0.2, 0.25) is 0 Å². The Morgan fingerprint density at radius 1 is 1.25 bits per heavy atom. The van der Waals surface area contributed by atoms with E-state index < -0.39 is 0 Å². The summed E-state index contributed by atoms with van der Waals surface area (Å²) in [7, 11) is 0. The molecule has 1 aromatic heterocycles. The maximum atomic E-state index is 12.0. The number of hydrogen-bond donors (Lipinski definition) is 0. The number of halogens is 2. The van der Waals surface area contributed by atoms with Crippen LogP contribution < -0.4 is 0 Å². The van der Waals surface area contributed by atoms with Crippen LogP contribution in [0.2, 0.25) is 5.02 Å². The molecule has 0 atom stereocenters. The Kier molecular flexibility index (Phi) is 3.31. The van der Waals surface area contributed by atoms with Gasteiger partial charge in [-0.1, -0.05) is 11.6 Å². The van der Waals surface area contributed by atoms with E-state index in [9.17, 15) is 4.79 Å². The largest absolute Gasteiger partial charge is 0.288 e. The van der Waals surface area contributed by atoms with Crippen molar-refractivity contribution in [1.82, 2.24) is 9.97 Å². The number of rotatable bonds is 2. The van der Waals surface area contributed by atoms with Gasteiger partial charge in [-0.3, -0.25) is 4.79 Å². The van der Waals surface area contributed by atoms with Crippen LogP contribution in [0.15, 0.2) is 41.4 Å². The molecule has 80 valence electrons. The highest BCUT2D eigenvalue weighted by Gasteiger charge is 2.12. The zero-order valence-electron chi connectivity index (χ0n) is 8.02. The van der Waals surface area contributed by atoms with Crippen molar-refractivity contribution >= 4 is 33.3 Å². The van der Waals surface area contributed by atoms with Crippen LogP contribution in [0.3, 0.4) is 0 Å². The molecule has 0 spiro atoms. The van der Waals surface area contributed by atoms with Gasteiger partial charge in [-0.15, -0.1) is 0 Å². The van der Waals surface area contributed by atoms with Crippen molar-refractivity contribution in [3.8, 4) is 0 Å². The maximum Gasteiger partial charge on any atom is 0.197 e. The van der Waals surface area contributed by atoms with E-state index in [4.69, 9.17) is 11.6 Å². The standard InChI is InChI=1S/C11H6BrClN2O/c12-10-3-8(13)1-2-9(10)11(16)7-4-14-6-15-5-7/h1-6H. The van der Waals surface area contributed by atoms with E-state index in [0.29, 0.717) is 20.6 Å². The van der Waals surface area contributed by atoms with Crippen molar-refractivity contribution in [2.75, 3.05) is 0 Å². The molecule has 0 fully saturated rings. The minimum atomic E-state index is -0.135. The first-order chi connectivity index (χ1) is 7.68. The van der Waals surface area contributed by atoms with Gasteiger partial charge in [-0.05, 0) is 34.1 Å². The Morgan fingerprint density at radius 3 is 2.56 bits per heavy atom. The number of hydrogen-bond acceptors (Lipinski definition) is 3. The smallest absolute Gasteiger partial charge is 0.197 e. The average Bonchev–Trinajstić information content (AvgIpc) is 2.29. The van der Waals surface area contributed by atoms with Crippen LogP contribution in [0, 0.1) is 0 Å². The van der Waals surface area contributed by atoms with E-state index in [0.717, 1.165) is 0 Å². The summed E-state index contributed by atoms with van der Waals surface area (Å²) in [6, 6.07) is 5.02. The molecule has 2 aromatic rings. The summed E-state index contributed by atoms with van der Waals surface area (Å²) in [5, 5.41) is 0.577. The number of carbonyl (C=O) groups is 1. The monoisotopic (exact) mass is 296 g/mol. The van der Waals surface area contributed by atoms with Crippen molar-refractivity contribution in [2.45, 2.75) is 0 Å². The van der Waals surface area contributed by atoms with E-state index in [1.165, 1.54) is 18.7 Å². The third kappa shape index (κ3) is 2.28. The molecule has 0 aliphatic heterocycles. The molecule has 0 saturated heterocycles. The van der Waals surface area contributed by atoms with Gasteiger partial charge < -0.3 is 0 Å². The summed E-state index contributed by atoms with van der Waals surface area (Å²) in [6.45, 7) is 0. The lowest BCUT2D eigenvalue weighted by Gasteiger charge is -2.03. The first-order valence-electron chi connectivity index (χ1n) is 4.43. The predicted octanol–water partition coefficient (Wildman–Crippen LogP) is 3.12. The quantitative estimate of drug-likeness (QED) is 0.800. The molecule has 3 nitrogen and oxygen atoms in total. The summed E-state index contributed by atoms with van der Waals surface area (Å²) in [5.41, 5.74) is 0.990. The van der Waals surface area contributed by atoms with E-state index in [1.54, 1.807) is 18.2 Å². The summed E-state index contributed by atoms with van der Waals surface area (Å²) in [5.74, 6) is -0.135. The summed E-state index contributed by atoms with van der Waals surface area (Å²) < 4.78 is 0.661. The van der Waals surface area contributed by atoms with Gasteiger partial charge in [-0.25, -0.2) is 9.97 Å².